The molecular formula is C14H22N2O2S. The van der Waals surface area contributed by atoms with Gasteiger partial charge in [0.1, 0.15) is 0 Å². The summed E-state index contributed by atoms with van der Waals surface area (Å²) in [6.07, 6.45) is 3.75. The van der Waals surface area contributed by atoms with Crippen molar-refractivity contribution in [3.8, 4) is 0 Å². The monoisotopic (exact) mass is 282 g/mol. The first-order chi connectivity index (χ1) is 9.12. The van der Waals surface area contributed by atoms with Crippen LogP contribution >= 0.6 is 0 Å². The molecule has 0 amide bonds. The van der Waals surface area contributed by atoms with Gasteiger partial charge >= 0.3 is 10.2 Å². The molecule has 106 valence electrons. The van der Waals surface area contributed by atoms with Crippen molar-refractivity contribution in [1.29, 1.82) is 0 Å². The molecule has 0 N–H and O–H groups in total. The highest BCUT2D eigenvalue weighted by molar-refractivity contribution is 7.94. The molecule has 1 aliphatic heterocycles. The largest absolute Gasteiger partial charge is 0.326 e. The molecule has 0 atom stereocenters. The van der Waals surface area contributed by atoms with Crippen molar-refractivity contribution < 1.29 is 8.42 Å². The van der Waals surface area contributed by atoms with E-state index in [2.05, 4.69) is 13.8 Å². The second kappa shape index (κ2) is 5.82. The van der Waals surface area contributed by atoms with Crippen molar-refractivity contribution in [2.75, 3.05) is 21.7 Å². The standard InChI is InChI=1S/C14H22N2O2S/c1-3-5-11-15-13-9-7-8-10-14(13)16(12-6-4-2)19(15,17)18/h7-10H,3-6,11-12H2,1-2H3. The van der Waals surface area contributed by atoms with E-state index < -0.39 is 10.2 Å². The Balaban J connectivity index is 2.36. The van der Waals surface area contributed by atoms with Crippen LogP contribution in [0, 0.1) is 0 Å². The summed E-state index contributed by atoms with van der Waals surface area (Å²) in [5.74, 6) is 0. The average molecular weight is 282 g/mol. The lowest BCUT2D eigenvalue weighted by Crippen LogP contribution is -2.38. The van der Waals surface area contributed by atoms with Crippen LogP contribution in [0.4, 0.5) is 11.4 Å². The van der Waals surface area contributed by atoms with Gasteiger partial charge < -0.3 is 0 Å². The van der Waals surface area contributed by atoms with Gasteiger partial charge in [-0.25, -0.2) is 0 Å². The zero-order valence-electron chi connectivity index (χ0n) is 11.7. The Kier molecular flexibility index (Phi) is 4.34. The molecule has 0 radical (unpaired) electrons. The van der Waals surface area contributed by atoms with E-state index in [9.17, 15) is 8.42 Å². The minimum Gasteiger partial charge on any atom is -0.251 e. The number of anilines is 2. The first kappa shape index (κ1) is 14.2. The summed E-state index contributed by atoms with van der Waals surface area (Å²) < 4.78 is 28.3. The van der Waals surface area contributed by atoms with Crippen molar-refractivity contribution in [3.63, 3.8) is 0 Å². The van der Waals surface area contributed by atoms with Gasteiger partial charge in [-0.05, 0) is 25.0 Å². The van der Waals surface area contributed by atoms with Crippen molar-refractivity contribution in [1.82, 2.24) is 0 Å². The van der Waals surface area contributed by atoms with Crippen LogP contribution in [0.1, 0.15) is 39.5 Å². The summed E-state index contributed by atoms with van der Waals surface area (Å²) in [6.45, 7) is 5.28. The van der Waals surface area contributed by atoms with Crippen LogP contribution in [-0.4, -0.2) is 21.5 Å². The molecule has 0 fully saturated rings. The first-order valence-electron chi connectivity index (χ1n) is 7.02. The molecule has 0 saturated heterocycles. The summed E-state index contributed by atoms with van der Waals surface area (Å²) in [7, 11) is -3.36. The van der Waals surface area contributed by atoms with E-state index in [0.29, 0.717) is 13.1 Å². The third-order valence-electron chi connectivity index (χ3n) is 3.41. The van der Waals surface area contributed by atoms with Crippen LogP contribution in [0.5, 0.6) is 0 Å². The van der Waals surface area contributed by atoms with Gasteiger partial charge in [0.2, 0.25) is 0 Å². The fourth-order valence-corrected chi connectivity index (χ4v) is 4.09. The SMILES string of the molecule is CCCCN1c2ccccc2N(CCCC)S1(=O)=O. The van der Waals surface area contributed by atoms with Gasteiger partial charge in [0.25, 0.3) is 0 Å². The van der Waals surface area contributed by atoms with Gasteiger partial charge in [-0.3, -0.25) is 8.61 Å². The van der Waals surface area contributed by atoms with Gasteiger partial charge in [0.05, 0.1) is 11.4 Å². The highest BCUT2D eigenvalue weighted by Crippen LogP contribution is 2.40. The first-order valence-corrected chi connectivity index (χ1v) is 8.42. The van der Waals surface area contributed by atoms with Gasteiger partial charge in [0, 0.05) is 13.1 Å². The predicted octanol–water partition coefficient (Wildman–Crippen LogP) is 3.16. The molecule has 1 aromatic carbocycles. The third kappa shape index (κ3) is 2.56. The van der Waals surface area contributed by atoms with E-state index in [1.807, 2.05) is 24.3 Å². The second-order valence-electron chi connectivity index (χ2n) is 4.85. The van der Waals surface area contributed by atoms with E-state index in [1.54, 1.807) is 8.61 Å². The topological polar surface area (TPSA) is 40.6 Å². The number of benzene rings is 1. The molecule has 19 heavy (non-hydrogen) atoms. The second-order valence-corrected chi connectivity index (χ2v) is 6.63. The quantitative estimate of drug-likeness (QED) is 0.804. The molecule has 2 rings (SSSR count). The molecule has 0 aliphatic carbocycles. The van der Waals surface area contributed by atoms with Gasteiger partial charge in [0.15, 0.2) is 0 Å². The molecule has 5 heteroatoms. The van der Waals surface area contributed by atoms with Crippen LogP contribution in [0.25, 0.3) is 0 Å². The lowest BCUT2D eigenvalue weighted by atomic mass is 10.2. The molecule has 1 aliphatic rings. The average Bonchev–Trinajstić information content (AvgIpc) is 2.61. The number of unbranched alkanes of at least 4 members (excludes halogenated alkanes) is 2. The summed E-state index contributed by atoms with van der Waals surface area (Å²) in [6, 6.07) is 7.59. The van der Waals surface area contributed by atoms with Gasteiger partial charge in [-0.15, -0.1) is 0 Å². The van der Waals surface area contributed by atoms with Crippen LogP contribution < -0.4 is 8.61 Å². The maximum atomic E-state index is 12.6. The maximum absolute atomic E-state index is 12.6. The number of hydrogen-bond donors (Lipinski definition) is 0. The normalized spacial score (nSPS) is 16.7. The van der Waals surface area contributed by atoms with E-state index >= 15 is 0 Å². The predicted molar refractivity (Wildman–Crippen MR) is 79.9 cm³/mol. The van der Waals surface area contributed by atoms with Crippen LogP contribution in [0.2, 0.25) is 0 Å². The lowest BCUT2D eigenvalue weighted by Gasteiger charge is -2.21. The van der Waals surface area contributed by atoms with Crippen LogP contribution in [0.3, 0.4) is 0 Å². The molecule has 0 unspecified atom stereocenters. The molecule has 0 aromatic heterocycles. The van der Waals surface area contributed by atoms with Crippen molar-refractivity contribution in [3.05, 3.63) is 24.3 Å². The Morgan fingerprint density at radius 3 is 1.68 bits per heavy atom. The summed E-state index contributed by atoms with van der Waals surface area (Å²) in [5.41, 5.74) is 1.65. The minimum absolute atomic E-state index is 0.568. The summed E-state index contributed by atoms with van der Waals surface area (Å²) >= 11 is 0. The highest BCUT2D eigenvalue weighted by atomic mass is 32.2. The third-order valence-corrected chi connectivity index (χ3v) is 5.28. The zero-order chi connectivity index (χ0) is 13.9. The maximum Gasteiger partial charge on any atom is 0.326 e. The summed E-state index contributed by atoms with van der Waals surface area (Å²) in [5, 5.41) is 0. The molecule has 0 spiro atoms. The molecule has 0 saturated carbocycles. The fourth-order valence-electron chi connectivity index (χ4n) is 2.33. The van der Waals surface area contributed by atoms with Crippen LogP contribution in [0.15, 0.2) is 24.3 Å². The van der Waals surface area contributed by atoms with Crippen LogP contribution in [-0.2, 0) is 10.2 Å². The molecule has 4 nitrogen and oxygen atoms in total. The molecule has 0 bridgehead atoms. The lowest BCUT2D eigenvalue weighted by molar-refractivity contribution is 0.585. The highest BCUT2D eigenvalue weighted by Gasteiger charge is 2.38. The fraction of sp³-hybridized carbons (Fsp3) is 0.571. The Labute approximate surface area is 116 Å². The number of fused-ring (bicyclic) bond motifs is 1. The Hall–Kier alpha value is -1.23. The van der Waals surface area contributed by atoms with E-state index in [-0.39, 0.29) is 0 Å². The van der Waals surface area contributed by atoms with E-state index in [0.717, 1.165) is 37.1 Å². The van der Waals surface area contributed by atoms with Gasteiger partial charge in [-0.2, -0.15) is 8.42 Å². The summed E-state index contributed by atoms with van der Waals surface area (Å²) in [4.78, 5) is 0. The zero-order valence-corrected chi connectivity index (χ0v) is 12.5. The Morgan fingerprint density at radius 1 is 0.895 bits per heavy atom. The Morgan fingerprint density at radius 2 is 1.32 bits per heavy atom. The number of hydrogen-bond acceptors (Lipinski definition) is 2. The van der Waals surface area contributed by atoms with Crippen molar-refractivity contribution in [2.45, 2.75) is 39.5 Å². The van der Waals surface area contributed by atoms with Crippen molar-refractivity contribution >= 4 is 21.6 Å². The number of para-hydroxylation sites is 2. The molecule has 1 aromatic rings. The van der Waals surface area contributed by atoms with E-state index in [1.165, 1.54) is 0 Å². The number of rotatable bonds is 6. The van der Waals surface area contributed by atoms with Gasteiger partial charge in [-0.1, -0.05) is 38.8 Å². The van der Waals surface area contributed by atoms with E-state index in [4.69, 9.17) is 0 Å². The Bertz CT molecular complexity index is 487. The molecular weight excluding hydrogens is 260 g/mol. The smallest absolute Gasteiger partial charge is 0.251 e. The molecule has 1 heterocycles. The number of nitrogens with zero attached hydrogens (tertiary/aromatic N) is 2. The minimum atomic E-state index is -3.36. The van der Waals surface area contributed by atoms with Crippen molar-refractivity contribution in [2.24, 2.45) is 0 Å².